The zero-order valence-electron chi connectivity index (χ0n) is 14.7. The predicted molar refractivity (Wildman–Crippen MR) is 103 cm³/mol. The molecule has 0 saturated carbocycles. The van der Waals surface area contributed by atoms with Gasteiger partial charge in [0.2, 0.25) is 5.88 Å². The summed E-state index contributed by atoms with van der Waals surface area (Å²) in [5.74, 6) is 0.737. The molecule has 1 N–H and O–H groups in total. The van der Waals surface area contributed by atoms with Gasteiger partial charge >= 0.3 is 0 Å². The van der Waals surface area contributed by atoms with E-state index < -0.39 is 0 Å². The lowest BCUT2D eigenvalue weighted by Gasteiger charge is -2.11. The molecule has 0 saturated heterocycles. The summed E-state index contributed by atoms with van der Waals surface area (Å²) in [5.41, 5.74) is 3.03. The van der Waals surface area contributed by atoms with Crippen molar-refractivity contribution in [2.24, 2.45) is 0 Å². The van der Waals surface area contributed by atoms with Crippen molar-refractivity contribution in [3.63, 3.8) is 0 Å². The molecular formula is C21H22N2O2. The third-order valence-electron chi connectivity index (χ3n) is 4.05. The molecule has 25 heavy (non-hydrogen) atoms. The molecule has 3 rings (SSSR count). The molecule has 2 aromatic carbocycles. The third-order valence-corrected chi connectivity index (χ3v) is 4.05. The van der Waals surface area contributed by atoms with Gasteiger partial charge in [0, 0.05) is 29.1 Å². The minimum Gasteiger partial charge on any atom is -0.507 e. The van der Waals surface area contributed by atoms with Crippen LogP contribution in [0, 0.1) is 0 Å². The number of hydrogen-bond donors (Lipinski definition) is 1. The summed E-state index contributed by atoms with van der Waals surface area (Å²) in [6, 6.07) is 13.6. The molecule has 1 heterocycles. The first-order chi connectivity index (χ1) is 12.1. The lowest BCUT2D eigenvalue weighted by molar-refractivity contribution is 0.403. The third kappa shape index (κ3) is 3.64. The molecule has 0 unspecified atom stereocenters. The highest BCUT2D eigenvalue weighted by molar-refractivity contribution is 6.02. The minimum absolute atomic E-state index is 0.225. The second-order valence-corrected chi connectivity index (χ2v) is 6.17. The van der Waals surface area contributed by atoms with Gasteiger partial charge in [-0.15, -0.1) is 0 Å². The number of rotatable bonds is 5. The molecule has 0 aliphatic rings. The second kappa shape index (κ2) is 7.36. The Labute approximate surface area is 148 Å². The van der Waals surface area contributed by atoms with Gasteiger partial charge in [0.25, 0.3) is 0 Å². The lowest BCUT2D eigenvalue weighted by Crippen LogP contribution is -2.10. The van der Waals surface area contributed by atoms with Crippen LogP contribution in [-0.4, -0.2) is 42.7 Å². The van der Waals surface area contributed by atoms with Crippen molar-refractivity contribution in [2.45, 2.75) is 0 Å². The Bertz CT molecular complexity index is 900. The number of nitrogens with zero attached hydrogens (tertiary/aromatic N) is 2. The number of phenols is 1. The Morgan fingerprint density at radius 1 is 1.12 bits per heavy atom. The number of fused-ring (bicyclic) bond motifs is 1. The number of aromatic hydroxyl groups is 1. The summed E-state index contributed by atoms with van der Waals surface area (Å²) in [7, 11) is 5.67. The number of methoxy groups -OCH3 is 1. The largest absolute Gasteiger partial charge is 0.507 e. The molecule has 0 atom stereocenters. The van der Waals surface area contributed by atoms with Crippen molar-refractivity contribution >= 4 is 16.8 Å². The highest BCUT2D eigenvalue weighted by atomic mass is 16.5. The fourth-order valence-corrected chi connectivity index (χ4v) is 2.81. The Balaban J connectivity index is 2.01. The maximum atomic E-state index is 10.4. The van der Waals surface area contributed by atoms with E-state index in [1.807, 2.05) is 32.3 Å². The highest BCUT2D eigenvalue weighted by Crippen LogP contribution is 2.37. The summed E-state index contributed by atoms with van der Waals surface area (Å²) in [5, 5.41) is 11.9. The van der Waals surface area contributed by atoms with Crippen molar-refractivity contribution in [3.8, 4) is 22.8 Å². The molecular weight excluding hydrogens is 312 g/mol. The molecule has 0 amide bonds. The number of benzene rings is 2. The van der Waals surface area contributed by atoms with Crippen molar-refractivity contribution in [1.82, 2.24) is 9.88 Å². The fraction of sp³-hybridized carbons (Fsp3) is 0.190. The number of hydrogen-bond acceptors (Lipinski definition) is 4. The van der Waals surface area contributed by atoms with Crippen LogP contribution >= 0.6 is 0 Å². The molecule has 3 aromatic rings. The quantitative estimate of drug-likeness (QED) is 0.760. The topological polar surface area (TPSA) is 45.6 Å². The molecule has 1 aromatic heterocycles. The standard InChI is InChI=1S/C21H22N2O2/c1-23(2)13-5-6-15-9-11-16(12-10-15)18-14-22-21(25-3)17-7-4-8-19(24)20(17)18/h4-12,14,24H,13H2,1-3H3. The smallest absolute Gasteiger partial charge is 0.221 e. The predicted octanol–water partition coefficient (Wildman–Crippen LogP) is 4.19. The van der Waals surface area contributed by atoms with E-state index in [1.54, 1.807) is 25.4 Å². The summed E-state index contributed by atoms with van der Waals surface area (Å²) >= 11 is 0. The zero-order chi connectivity index (χ0) is 17.8. The SMILES string of the molecule is COc1ncc(-c2ccc(C=CCN(C)C)cc2)c2c(O)cccc12. The summed E-state index contributed by atoms with van der Waals surface area (Å²) in [6.45, 7) is 0.905. The van der Waals surface area contributed by atoms with Crippen LogP contribution in [0.1, 0.15) is 5.56 Å². The van der Waals surface area contributed by atoms with Crippen LogP contribution in [0.5, 0.6) is 11.6 Å². The molecule has 0 bridgehead atoms. The Morgan fingerprint density at radius 3 is 2.56 bits per heavy atom. The van der Waals surface area contributed by atoms with E-state index in [9.17, 15) is 5.11 Å². The van der Waals surface area contributed by atoms with Crippen LogP contribution in [0.15, 0.2) is 54.7 Å². The Morgan fingerprint density at radius 2 is 1.88 bits per heavy atom. The molecule has 0 radical (unpaired) electrons. The van der Waals surface area contributed by atoms with Crippen LogP contribution < -0.4 is 4.74 Å². The normalized spacial score (nSPS) is 11.5. The van der Waals surface area contributed by atoms with E-state index in [-0.39, 0.29) is 5.75 Å². The van der Waals surface area contributed by atoms with Crippen molar-refractivity contribution in [3.05, 3.63) is 60.3 Å². The Kier molecular flexibility index (Phi) is 5.00. The van der Waals surface area contributed by atoms with Gasteiger partial charge in [0.05, 0.1) is 7.11 Å². The van der Waals surface area contributed by atoms with Crippen molar-refractivity contribution in [1.29, 1.82) is 0 Å². The average molecular weight is 334 g/mol. The van der Waals surface area contributed by atoms with Crippen LogP contribution in [0.4, 0.5) is 0 Å². The number of pyridine rings is 1. The maximum absolute atomic E-state index is 10.4. The van der Waals surface area contributed by atoms with E-state index in [4.69, 9.17) is 4.74 Å². The van der Waals surface area contributed by atoms with Crippen LogP contribution in [0.2, 0.25) is 0 Å². The van der Waals surface area contributed by atoms with Gasteiger partial charge in [-0.3, -0.25) is 0 Å². The monoisotopic (exact) mass is 334 g/mol. The molecule has 4 heteroatoms. The number of ether oxygens (including phenoxy) is 1. The molecule has 0 aliphatic carbocycles. The van der Waals surface area contributed by atoms with Gasteiger partial charge in [0.1, 0.15) is 5.75 Å². The summed E-state index contributed by atoms with van der Waals surface area (Å²) in [4.78, 5) is 6.50. The average Bonchev–Trinajstić information content (AvgIpc) is 2.61. The maximum Gasteiger partial charge on any atom is 0.221 e. The van der Waals surface area contributed by atoms with Crippen molar-refractivity contribution in [2.75, 3.05) is 27.7 Å². The first kappa shape index (κ1) is 17.0. The van der Waals surface area contributed by atoms with E-state index >= 15 is 0 Å². The van der Waals surface area contributed by atoms with E-state index in [0.717, 1.165) is 34.0 Å². The van der Waals surface area contributed by atoms with Gasteiger partial charge < -0.3 is 14.7 Å². The van der Waals surface area contributed by atoms with Crippen LogP contribution in [0.25, 0.3) is 28.0 Å². The molecule has 4 nitrogen and oxygen atoms in total. The van der Waals surface area contributed by atoms with Gasteiger partial charge in [-0.05, 0) is 37.4 Å². The lowest BCUT2D eigenvalue weighted by atomic mass is 9.99. The van der Waals surface area contributed by atoms with Gasteiger partial charge in [-0.1, -0.05) is 42.5 Å². The zero-order valence-corrected chi connectivity index (χ0v) is 14.7. The molecule has 0 aliphatic heterocycles. The molecule has 0 fully saturated rings. The number of phenolic OH excluding ortho intramolecular Hbond substituents is 1. The first-order valence-corrected chi connectivity index (χ1v) is 8.16. The highest BCUT2D eigenvalue weighted by Gasteiger charge is 2.12. The minimum atomic E-state index is 0.225. The molecule has 128 valence electrons. The first-order valence-electron chi connectivity index (χ1n) is 8.16. The summed E-state index contributed by atoms with van der Waals surface area (Å²) in [6.07, 6.45) is 5.98. The van der Waals surface area contributed by atoms with E-state index in [0.29, 0.717) is 5.88 Å². The van der Waals surface area contributed by atoms with Crippen LogP contribution in [-0.2, 0) is 0 Å². The van der Waals surface area contributed by atoms with E-state index in [1.165, 1.54) is 0 Å². The summed E-state index contributed by atoms with van der Waals surface area (Å²) < 4.78 is 5.32. The second-order valence-electron chi connectivity index (χ2n) is 6.17. The van der Waals surface area contributed by atoms with Gasteiger partial charge in [0.15, 0.2) is 0 Å². The number of likely N-dealkylation sites (N-methyl/N-ethyl adjacent to an activating group) is 1. The molecule has 0 spiro atoms. The Hall–Kier alpha value is -2.85. The fourth-order valence-electron chi connectivity index (χ4n) is 2.81. The van der Waals surface area contributed by atoms with Crippen molar-refractivity contribution < 1.29 is 9.84 Å². The van der Waals surface area contributed by atoms with E-state index in [2.05, 4.69) is 34.2 Å². The number of aromatic nitrogens is 1. The van der Waals surface area contributed by atoms with Crippen LogP contribution in [0.3, 0.4) is 0 Å². The van der Waals surface area contributed by atoms with Gasteiger partial charge in [-0.25, -0.2) is 4.98 Å². The van der Waals surface area contributed by atoms with Gasteiger partial charge in [-0.2, -0.15) is 0 Å².